The Balaban J connectivity index is 1.17. The van der Waals surface area contributed by atoms with Crippen LogP contribution in [0.2, 0.25) is 0 Å². The highest BCUT2D eigenvalue weighted by Crippen LogP contribution is 2.43. The Morgan fingerprint density at radius 1 is 0.491 bits per heavy atom. The SMILES string of the molecule is C=Nc1c(-c2ccc3ccc4c(-c5ccccc5)c5ccccc5nc4c3n2)ccc(-c2ccnc3c2ccc2ccc(-c4ccccc4)nc23)c1/C=C\C. The molecule has 0 aliphatic heterocycles. The number of para-hydroxylation sites is 1. The third kappa shape index (κ3) is 5.36. The summed E-state index contributed by atoms with van der Waals surface area (Å²) in [5, 5.41) is 5.27. The molecule has 0 saturated carbocycles. The Morgan fingerprint density at radius 2 is 1.13 bits per heavy atom. The van der Waals surface area contributed by atoms with Crippen molar-refractivity contribution in [2.24, 2.45) is 4.99 Å². The van der Waals surface area contributed by atoms with Crippen LogP contribution in [0.15, 0.2) is 169 Å². The zero-order chi connectivity index (χ0) is 36.9. The molecule has 0 atom stereocenters. The number of benzene rings is 6. The molecular weight excluding hydrogens is 671 g/mol. The molecule has 0 aliphatic rings. The highest BCUT2D eigenvalue weighted by atomic mass is 14.8. The predicted octanol–water partition coefficient (Wildman–Crippen LogP) is 13.1. The first-order valence-electron chi connectivity index (χ1n) is 18.4. The summed E-state index contributed by atoms with van der Waals surface area (Å²) in [5.41, 5.74) is 14.2. The number of nitrogens with zero attached hydrogens (tertiary/aromatic N) is 5. The average Bonchev–Trinajstić information content (AvgIpc) is 3.25. The van der Waals surface area contributed by atoms with Gasteiger partial charge in [0.2, 0.25) is 0 Å². The van der Waals surface area contributed by atoms with Crippen molar-refractivity contribution >= 4 is 73.0 Å². The van der Waals surface area contributed by atoms with E-state index in [2.05, 4.69) is 145 Å². The number of pyridine rings is 4. The molecule has 0 N–H and O–H groups in total. The molecule has 0 aliphatic carbocycles. The fourth-order valence-electron chi connectivity index (χ4n) is 7.96. The standard InChI is InChI=1S/C50H33N5/c1-3-12-37-35(36-29-30-52-49-38(36)23-19-33-21-27-42(53-46(33)49)31-13-6-4-7-14-31)25-26-40(48(37)51-2)44-28-22-34-20-24-41-45(32-15-8-5-9-16-32)39-17-10-11-18-43(39)55-50(41)47(34)54-44/h3-30H,2H2,1H3/b12-3-. The lowest BCUT2D eigenvalue weighted by molar-refractivity contribution is 1.36. The Kier molecular flexibility index (Phi) is 7.77. The molecule has 55 heavy (non-hydrogen) atoms. The molecule has 258 valence electrons. The lowest BCUT2D eigenvalue weighted by Gasteiger charge is -2.17. The summed E-state index contributed by atoms with van der Waals surface area (Å²) in [6.07, 6.45) is 6.03. The van der Waals surface area contributed by atoms with Crippen LogP contribution in [-0.4, -0.2) is 26.7 Å². The third-order valence-electron chi connectivity index (χ3n) is 10.5. The van der Waals surface area contributed by atoms with Gasteiger partial charge < -0.3 is 0 Å². The molecule has 4 aromatic heterocycles. The molecule has 10 rings (SSSR count). The number of rotatable bonds is 6. The molecule has 0 amide bonds. The van der Waals surface area contributed by atoms with Gasteiger partial charge in [-0.05, 0) is 60.7 Å². The van der Waals surface area contributed by atoms with Crippen LogP contribution in [0.25, 0.3) is 105 Å². The van der Waals surface area contributed by atoms with Gasteiger partial charge in [-0.15, -0.1) is 0 Å². The van der Waals surface area contributed by atoms with Gasteiger partial charge in [0.25, 0.3) is 0 Å². The quantitative estimate of drug-likeness (QED) is 0.0982. The van der Waals surface area contributed by atoms with Crippen LogP contribution in [-0.2, 0) is 0 Å². The third-order valence-corrected chi connectivity index (χ3v) is 10.5. The van der Waals surface area contributed by atoms with Crippen molar-refractivity contribution in [3.63, 3.8) is 0 Å². The van der Waals surface area contributed by atoms with Gasteiger partial charge in [-0.1, -0.05) is 133 Å². The van der Waals surface area contributed by atoms with Gasteiger partial charge in [-0.3, -0.25) is 9.98 Å². The van der Waals surface area contributed by atoms with E-state index in [1.54, 1.807) is 0 Å². The number of fused-ring (bicyclic) bond motifs is 7. The first-order chi connectivity index (χ1) is 27.2. The zero-order valence-corrected chi connectivity index (χ0v) is 30.1. The van der Waals surface area contributed by atoms with E-state index in [1.807, 2.05) is 43.5 Å². The number of aliphatic imine (C=N–C) groups is 1. The van der Waals surface area contributed by atoms with Gasteiger partial charge in [0, 0.05) is 55.4 Å². The Labute approximate surface area is 318 Å². The van der Waals surface area contributed by atoms with Crippen LogP contribution < -0.4 is 0 Å². The minimum absolute atomic E-state index is 0.765. The van der Waals surface area contributed by atoms with Crippen LogP contribution in [0.1, 0.15) is 12.5 Å². The van der Waals surface area contributed by atoms with Crippen molar-refractivity contribution in [2.45, 2.75) is 6.92 Å². The Morgan fingerprint density at radius 3 is 1.89 bits per heavy atom. The molecule has 0 unspecified atom stereocenters. The van der Waals surface area contributed by atoms with Crippen molar-refractivity contribution in [3.05, 3.63) is 169 Å². The van der Waals surface area contributed by atoms with Crippen LogP contribution in [0, 0.1) is 0 Å². The summed E-state index contributed by atoms with van der Waals surface area (Å²) in [7, 11) is 0. The van der Waals surface area contributed by atoms with E-state index in [4.69, 9.17) is 19.9 Å². The fourth-order valence-corrected chi connectivity index (χ4v) is 7.96. The highest BCUT2D eigenvalue weighted by molar-refractivity contribution is 6.16. The summed E-state index contributed by atoms with van der Waals surface area (Å²) in [4.78, 5) is 25.3. The first kappa shape index (κ1) is 32.3. The van der Waals surface area contributed by atoms with E-state index >= 15 is 0 Å². The monoisotopic (exact) mass is 703 g/mol. The summed E-state index contributed by atoms with van der Waals surface area (Å²) in [6.45, 7) is 6.11. The largest absolute Gasteiger partial charge is 0.263 e. The molecule has 10 aromatic rings. The topological polar surface area (TPSA) is 63.9 Å². The van der Waals surface area contributed by atoms with Gasteiger partial charge in [0.15, 0.2) is 0 Å². The highest BCUT2D eigenvalue weighted by Gasteiger charge is 2.19. The van der Waals surface area contributed by atoms with Crippen LogP contribution in [0.3, 0.4) is 0 Å². The molecule has 5 nitrogen and oxygen atoms in total. The van der Waals surface area contributed by atoms with E-state index in [0.717, 1.165) is 111 Å². The first-order valence-corrected chi connectivity index (χ1v) is 18.4. The average molecular weight is 704 g/mol. The summed E-state index contributed by atoms with van der Waals surface area (Å²) in [6, 6.07) is 52.5. The molecule has 0 fully saturated rings. The molecule has 0 bridgehead atoms. The summed E-state index contributed by atoms with van der Waals surface area (Å²) < 4.78 is 0. The zero-order valence-electron chi connectivity index (χ0n) is 30.1. The number of allylic oxidation sites excluding steroid dienone is 1. The van der Waals surface area contributed by atoms with E-state index in [9.17, 15) is 0 Å². The van der Waals surface area contributed by atoms with Gasteiger partial charge in [-0.2, -0.15) is 0 Å². The number of hydrogen-bond donors (Lipinski definition) is 0. The lowest BCUT2D eigenvalue weighted by atomic mass is 9.91. The number of hydrogen-bond acceptors (Lipinski definition) is 5. The fraction of sp³-hybridized carbons (Fsp3) is 0.0200. The van der Waals surface area contributed by atoms with Crippen molar-refractivity contribution in [3.8, 4) is 44.8 Å². The maximum atomic E-state index is 5.35. The predicted molar refractivity (Wildman–Crippen MR) is 231 cm³/mol. The van der Waals surface area contributed by atoms with E-state index in [0.29, 0.717) is 0 Å². The Hall–Kier alpha value is -7.37. The smallest absolute Gasteiger partial charge is 0.0978 e. The number of aromatic nitrogens is 4. The van der Waals surface area contributed by atoms with Crippen LogP contribution in [0.4, 0.5) is 5.69 Å². The summed E-state index contributed by atoms with van der Waals surface area (Å²) >= 11 is 0. The second-order valence-corrected chi connectivity index (χ2v) is 13.6. The maximum Gasteiger partial charge on any atom is 0.0978 e. The van der Waals surface area contributed by atoms with Crippen molar-refractivity contribution in [1.29, 1.82) is 0 Å². The van der Waals surface area contributed by atoms with Gasteiger partial charge in [-0.25, -0.2) is 15.0 Å². The molecule has 6 aromatic carbocycles. The normalized spacial score (nSPS) is 11.7. The van der Waals surface area contributed by atoms with E-state index < -0.39 is 0 Å². The van der Waals surface area contributed by atoms with Crippen LogP contribution >= 0.6 is 0 Å². The van der Waals surface area contributed by atoms with Crippen molar-refractivity contribution in [1.82, 2.24) is 19.9 Å². The Bertz CT molecular complexity index is 3170. The lowest BCUT2D eigenvalue weighted by Crippen LogP contribution is -1.95. The minimum atomic E-state index is 0.765. The maximum absolute atomic E-state index is 5.35. The van der Waals surface area contributed by atoms with Crippen molar-refractivity contribution < 1.29 is 0 Å². The van der Waals surface area contributed by atoms with Gasteiger partial charge in [0.1, 0.15) is 0 Å². The minimum Gasteiger partial charge on any atom is -0.263 e. The molecule has 0 saturated heterocycles. The van der Waals surface area contributed by atoms with Gasteiger partial charge in [0.05, 0.1) is 44.7 Å². The second-order valence-electron chi connectivity index (χ2n) is 13.6. The molecule has 4 heterocycles. The van der Waals surface area contributed by atoms with E-state index in [1.165, 1.54) is 0 Å². The molecular formula is C50H33N5. The van der Waals surface area contributed by atoms with E-state index in [-0.39, 0.29) is 0 Å². The van der Waals surface area contributed by atoms with Crippen molar-refractivity contribution in [2.75, 3.05) is 0 Å². The molecule has 5 heteroatoms. The second kappa shape index (κ2) is 13.2. The summed E-state index contributed by atoms with van der Waals surface area (Å²) in [5.74, 6) is 0. The molecule has 0 radical (unpaired) electrons. The molecule has 0 spiro atoms. The van der Waals surface area contributed by atoms with Gasteiger partial charge >= 0.3 is 0 Å². The van der Waals surface area contributed by atoms with Crippen LogP contribution in [0.5, 0.6) is 0 Å².